The van der Waals surface area contributed by atoms with Gasteiger partial charge in [0.05, 0.1) is 17.2 Å². The molecule has 96 valence electrons. The fourth-order valence-electron chi connectivity index (χ4n) is 1.63. The number of benzene rings is 1. The second kappa shape index (κ2) is 6.17. The van der Waals surface area contributed by atoms with E-state index in [9.17, 15) is 0 Å². The van der Waals surface area contributed by atoms with Crippen molar-refractivity contribution in [1.29, 1.82) is 5.26 Å². The van der Waals surface area contributed by atoms with Crippen molar-refractivity contribution in [2.24, 2.45) is 0 Å². The lowest BCUT2D eigenvalue weighted by Gasteiger charge is -2.10. The van der Waals surface area contributed by atoms with E-state index in [-0.39, 0.29) is 0 Å². The molecule has 0 aliphatic rings. The highest BCUT2D eigenvalue weighted by molar-refractivity contribution is 6.30. The molecule has 0 saturated carbocycles. The van der Waals surface area contributed by atoms with Crippen LogP contribution in [0.25, 0.3) is 0 Å². The van der Waals surface area contributed by atoms with Crippen LogP contribution in [0.3, 0.4) is 0 Å². The summed E-state index contributed by atoms with van der Waals surface area (Å²) in [4.78, 5) is 8.07. The molecule has 5 heteroatoms. The van der Waals surface area contributed by atoms with Gasteiger partial charge in [0.15, 0.2) is 0 Å². The molecule has 4 nitrogen and oxygen atoms in total. The molecule has 0 aliphatic heterocycles. The predicted octanol–water partition coefficient (Wildman–Crippen LogP) is 3.75. The Hall–Kier alpha value is -2.12. The van der Waals surface area contributed by atoms with Gasteiger partial charge in [0.1, 0.15) is 17.2 Å². The summed E-state index contributed by atoms with van der Waals surface area (Å²) >= 11 is 6.05. The van der Waals surface area contributed by atoms with Crippen LogP contribution >= 0.6 is 11.6 Å². The lowest BCUT2D eigenvalue weighted by atomic mass is 10.2. The van der Waals surface area contributed by atoms with Gasteiger partial charge in [-0.15, -0.1) is 0 Å². The van der Waals surface area contributed by atoms with Gasteiger partial charge in [-0.3, -0.25) is 0 Å². The largest absolute Gasteiger partial charge is 0.439 e. The molecule has 0 N–H and O–H groups in total. The van der Waals surface area contributed by atoms with Crippen molar-refractivity contribution < 1.29 is 4.74 Å². The smallest absolute Gasteiger partial charge is 0.226 e. The van der Waals surface area contributed by atoms with E-state index >= 15 is 0 Å². The molecule has 2 aromatic rings. The van der Waals surface area contributed by atoms with Gasteiger partial charge >= 0.3 is 0 Å². The Bertz CT molecular complexity index is 605. The van der Waals surface area contributed by atoms with Gasteiger partial charge in [-0.05, 0) is 30.7 Å². The molecular formula is C14H12ClN3O. The summed E-state index contributed by atoms with van der Waals surface area (Å²) in [6.45, 7) is 2.05. The number of rotatable bonds is 4. The molecule has 1 aromatic carbocycles. The molecule has 0 amide bonds. The Balaban J connectivity index is 2.27. The minimum Gasteiger partial charge on any atom is -0.439 e. The lowest BCUT2D eigenvalue weighted by Crippen LogP contribution is -1.97. The maximum Gasteiger partial charge on any atom is 0.226 e. The van der Waals surface area contributed by atoms with Crippen LogP contribution in [0.2, 0.25) is 5.15 Å². The molecule has 0 aliphatic carbocycles. The number of aromatic nitrogens is 2. The number of halogens is 1. The highest BCUT2D eigenvalue weighted by Gasteiger charge is 2.11. The van der Waals surface area contributed by atoms with Gasteiger partial charge in [-0.1, -0.05) is 24.9 Å². The predicted molar refractivity (Wildman–Crippen MR) is 72.3 cm³/mol. The molecule has 0 radical (unpaired) electrons. The van der Waals surface area contributed by atoms with Gasteiger partial charge < -0.3 is 4.74 Å². The first-order valence-electron chi connectivity index (χ1n) is 5.92. The zero-order chi connectivity index (χ0) is 13.7. The Morgan fingerprint density at radius 1 is 1.26 bits per heavy atom. The third kappa shape index (κ3) is 3.21. The highest BCUT2D eigenvalue weighted by atomic mass is 35.5. The summed E-state index contributed by atoms with van der Waals surface area (Å²) in [5, 5.41) is 9.16. The van der Waals surface area contributed by atoms with Crippen molar-refractivity contribution in [3.63, 3.8) is 0 Å². The monoisotopic (exact) mass is 273 g/mol. The summed E-state index contributed by atoms with van der Waals surface area (Å²) in [5.74, 6) is 1.08. The van der Waals surface area contributed by atoms with Crippen molar-refractivity contribution in [1.82, 2.24) is 9.97 Å². The van der Waals surface area contributed by atoms with E-state index in [1.807, 2.05) is 0 Å². The van der Waals surface area contributed by atoms with Crippen LogP contribution in [0.1, 0.15) is 24.5 Å². The summed E-state index contributed by atoms with van der Waals surface area (Å²) < 4.78 is 5.70. The molecule has 1 heterocycles. The number of nitriles is 1. The Kier molecular flexibility index (Phi) is 4.32. The Labute approximate surface area is 116 Å². The van der Waals surface area contributed by atoms with Crippen LogP contribution in [0.15, 0.2) is 30.6 Å². The second-order valence-electron chi connectivity index (χ2n) is 3.94. The average molecular weight is 274 g/mol. The van der Waals surface area contributed by atoms with Crippen molar-refractivity contribution in [3.8, 4) is 17.7 Å². The first-order valence-corrected chi connectivity index (χ1v) is 6.29. The highest BCUT2D eigenvalue weighted by Crippen LogP contribution is 2.27. The van der Waals surface area contributed by atoms with E-state index in [1.54, 1.807) is 24.3 Å². The first-order chi connectivity index (χ1) is 9.24. The third-order valence-electron chi connectivity index (χ3n) is 2.55. The zero-order valence-electron chi connectivity index (χ0n) is 10.4. The van der Waals surface area contributed by atoms with E-state index in [0.717, 1.165) is 18.4 Å². The van der Waals surface area contributed by atoms with Crippen molar-refractivity contribution in [2.75, 3.05) is 0 Å². The molecule has 0 atom stereocenters. The first kappa shape index (κ1) is 13.3. The topological polar surface area (TPSA) is 58.8 Å². The van der Waals surface area contributed by atoms with Crippen LogP contribution in [0.5, 0.6) is 11.6 Å². The fraction of sp³-hybridized carbons (Fsp3) is 0.214. The summed E-state index contributed by atoms with van der Waals surface area (Å²) in [5.41, 5.74) is 1.39. The second-order valence-corrected chi connectivity index (χ2v) is 4.29. The van der Waals surface area contributed by atoms with Gasteiger partial charge in [0.25, 0.3) is 0 Å². The van der Waals surface area contributed by atoms with Crippen molar-refractivity contribution >= 4 is 11.6 Å². The molecular weight excluding hydrogens is 262 g/mol. The SMILES string of the molecule is CCCc1c(Cl)ncnc1Oc1ccc(C#N)cc1. The minimum atomic E-state index is 0.417. The lowest BCUT2D eigenvalue weighted by molar-refractivity contribution is 0.454. The maximum absolute atomic E-state index is 8.74. The summed E-state index contributed by atoms with van der Waals surface area (Å²) in [6, 6.07) is 8.89. The number of hydrogen-bond donors (Lipinski definition) is 0. The van der Waals surface area contributed by atoms with Crippen LogP contribution in [0.4, 0.5) is 0 Å². The number of nitrogens with zero attached hydrogens (tertiary/aromatic N) is 3. The standard InChI is InChI=1S/C14H12ClN3O/c1-2-3-12-13(15)17-9-18-14(12)19-11-6-4-10(8-16)5-7-11/h4-7,9H,2-3H2,1H3. The molecule has 0 unspecified atom stereocenters. The van der Waals surface area contributed by atoms with E-state index < -0.39 is 0 Å². The number of hydrogen-bond acceptors (Lipinski definition) is 4. The molecule has 2 rings (SSSR count). The molecule has 0 saturated heterocycles. The van der Waals surface area contributed by atoms with E-state index in [4.69, 9.17) is 21.6 Å². The molecule has 0 bridgehead atoms. The fourth-order valence-corrected chi connectivity index (χ4v) is 1.85. The van der Waals surface area contributed by atoms with Gasteiger partial charge in [0.2, 0.25) is 5.88 Å². The Morgan fingerprint density at radius 2 is 2.00 bits per heavy atom. The van der Waals surface area contributed by atoms with Gasteiger partial charge in [-0.25, -0.2) is 9.97 Å². The molecule has 1 aromatic heterocycles. The molecule has 19 heavy (non-hydrogen) atoms. The van der Waals surface area contributed by atoms with Crippen molar-refractivity contribution in [3.05, 3.63) is 46.9 Å². The van der Waals surface area contributed by atoms with Crippen LogP contribution in [-0.2, 0) is 6.42 Å². The average Bonchev–Trinajstić information content (AvgIpc) is 2.43. The van der Waals surface area contributed by atoms with Gasteiger partial charge in [0, 0.05) is 0 Å². The van der Waals surface area contributed by atoms with E-state index in [1.165, 1.54) is 6.33 Å². The normalized spacial score (nSPS) is 9.95. The third-order valence-corrected chi connectivity index (χ3v) is 2.88. The molecule has 0 spiro atoms. The Morgan fingerprint density at radius 3 is 2.63 bits per heavy atom. The number of ether oxygens (including phenoxy) is 1. The quantitative estimate of drug-likeness (QED) is 0.796. The van der Waals surface area contributed by atoms with Crippen LogP contribution in [-0.4, -0.2) is 9.97 Å². The van der Waals surface area contributed by atoms with Crippen LogP contribution < -0.4 is 4.74 Å². The van der Waals surface area contributed by atoms with Gasteiger partial charge in [-0.2, -0.15) is 5.26 Å². The van der Waals surface area contributed by atoms with Crippen LogP contribution in [0, 0.1) is 11.3 Å². The zero-order valence-corrected chi connectivity index (χ0v) is 11.2. The minimum absolute atomic E-state index is 0.417. The van der Waals surface area contributed by atoms with Crippen molar-refractivity contribution in [2.45, 2.75) is 19.8 Å². The van der Waals surface area contributed by atoms with E-state index in [0.29, 0.717) is 22.3 Å². The summed E-state index contributed by atoms with van der Waals surface area (Å²) in [7, 11) is 0. The summed E-state index contributed by atoms with van der Waals surface area (Å²) in [6.07, 6.45) is 3.06. The maximum atomic E-state index is 8.74. The van der Waals surface area contributed by atoms with E-state index in [2.05, 4.69) is 23.0 Å². The molecule has 0 fully saturated rings.